The predicted molar refractivity (Wildman–Crippen MR) is 76.1 cm³/mol. The summed E-state index contributed by atoms with van der Waals surface area (Å²) < 4.78 is 1.89. The Hall–Kier alpha value is -1.77. The van der Waals surface area contributed by atoms with E-state index in [0.29, 0.717) is 5.41 Å². The summed E-state index contributed by atoms with van der Waals surface area (Å²) in [4.78, 5) is 0. The fraction of sp³-hybridized carbons (Fsp3) is 0.400. The first-order chi connectivity index (χ1) is 8.56. The minimum Gasteiger partial charge on any atom is -0.383 e. The monoisotopic (exact) mass is 243 g/mol. The lowest BCUT2D eigenvalue weighted by Crippen LogP contribution is -2.14. The molecule has 0 aliphatic heterocycles. The van der Waals surface area contributed by atoms with Crippen molar-refractivity contribution < 1.29 is 0 Å². The third-order valence-corrected chi connectivity index (χ3v) is 2.85. The van der Waals surface area contributed by atoms with Gasteiger partial charge in [0, 0.05) is 18.9 Å². The van der Waals surface area contributed by atoms with E-state index in [2.05, 4.69) is 43.3 Å². The van der Waals surface area contributed by atoms with Crippen molar-refractivity contribution in [2.45, 2.75) is 27.2 Å². The molecule has 0 aliphatic rings. The van der Waals surface area contributed by atoms with Crippen molar-refractivity contribution in [1.82, 2.24) is 9.78 Å². The summed E-state index contributed by atoms with van der Waals surface area (Å²) in [5, 5.41) is 7.78. The van der Waals surface area contributed by atoms with E-state index in [1.807, 2.05) is 29.1 Å². The molecule has 1 aromatic heterocycles. The summed E-state index contributed by atoms with van der Waals surface area (Å²) in [5.74, 6) is 0. The van der Waals surface area contributed by atoms with Crippen LogP contribution in [-0.4, -0.2) is 16.3 Å². The lowest BCUT2D eigenvalue weighted by atomic mass is 9.92. The molecule has 0 saturated heterocycles. The molecule has 3 nitrogen and oxygen atoms in total. The van der Waals surface area contributed by atoms with Gasteiger partial charge in [0.2, 0.25) is 0 Å². The van der Waals surface area contributed by atoms with Crippen molar-refractivity contribution in [3.05, 3.63) is 42.7 Å². The molecule has 96 valence electrons. The topological polar surface area (TPSA) is 29.9 Å². The second-order valence-corrected chi connectivity index (χ2v) is 5.71. The molecule has 2 rings (SSSR count). The van der Waals surface area contributed by atoms with Gasteiger partial charge in [-0.3, -0.25) is 0 Å². The number of rotatable bonds is 4. The van der Waals surface area contributed by atoms with E-state index in [9.17, 15) is 0 Å². The average Bonchev–Trinajstić information content (AvgIpc) is 2.81. The summed E-state index contributed by atoms with van der Waals surface area (Å²) in [6.45, 7) is 7.75. The number of anilines is 1. The summed E-state index contributed by atoms with van der Waals surface area (Å²) in [6, 6.07) is 10.2. The van der Waals surface area contributed by atoms with E-state index >= 15 is 0 Å². The number of benzene rings is 1. The Morgan fingerprint density at radius 2 is 1.94 bits per heavy atom. The maximum atomic E-state index is 4.28. The minimum atomic E-state index is 0.355. The maximum Gasteiger partial charge on any atom is 0.0876 e. The van der Waals surface area contributed by atoms with Crippen molar-refractivity contribution in [3.8, 4) is 5.69 Å². The van der Waals surface area contributed by atoms with E-state index in [1.165, 1.54) is 0 Å². The SMILES string of the molecule is CC(C)(C)CCNc1ccccc1-n1cccn1. The molecule has 0 bridgehead atoms. The van der Waals surface area contributed by atoms with Crippen LogP contribution in [0.4, 0.5) is 5.69 Å². The smallest absolute Gasteiger partial charge is 0.0876 e. The summed E-state index contributed by atoms with van der Waals surface area (Å²) in [5.41, 5.74) is 2.58. The van der Waals surface area contributed by atoms with E-state index in [-0.39, 0.29) is 0 Å². The largest absolute Gasteiger partial charge is 0.383 e. The van der Waals surface area contributed by atoms with Crippen LogP contribution < -0.4 is 5.32 Å². The molecule has 0 spiro atoms. The van der Waals surface area contributed by atoms with Crippen molar-refractivity contribution in [2.75, 3.05) is 11.9 Å². The highest BCUT2D eigenvalue weighted by Gasteiger charge is 2.10. The zero-order chi connectivity index (χ0) is 13.0. The Bertz CT molecular complexity index is 481. The van der Waals surface area contributed by atoms with Crippen molar-refractivity contribution in [3.63, 3.8) is 0 Å². The predicted octanol–water partition coefficient (Wildman–Crippen LogP) is 3.72. The van der Waals surface area contributed by atoms with E-state index in [4.69, 9.17) is 0 Å². The van der Waals surface area contributed by atoms with Gasteiger partial charge in [0.05, 0.1) is 11.4 Å². The van der Waals surface area contributed by atoms with Gasteiger partial charge in [0.25, 0.3) is 0 Å². The normalized spacial score (nSPS) is 11.5. The number of hydrogen-bond acceptors (Lipinski definition) is 2. The molecule has 1 N–H and O–H groups in total. The molecule has 3 heteroatoms. The molecule has 2 aromatic rings. The fourth-order valence-corrected chi connectivity index (χ4v) is 1.81. The van der Waals surface area contributed by atoms with Gasteiger partial charge in [-0.05, 0) is 30.0 Å². The number of aromatic nitrogens is 2. The van der Waals surface area contributed by atoms with Gasteiger partial charge in [-0.1, -0.05) is 32.9 Å². The van der Waals surface area contributed by atoms with Crippen LogP contribution >= 0.6 is 0 Å². The summed E-state index contributed by atoms with van der Waals surface area (Å²) in [7, 11) is 0. The number of nitrogens with one attached hydrogen (secondary N) is 1. The van der Waals surface area contributed by atoms with Crippen LogP contribution in [0.25, 0.3) is 5.69 Å². The van der Waals surface area contributed by atoms with Gasteiger partial charge < -0.3 is 5.32 Å². The second-order valence-electron chi connectivity index (χ2n) is 5.71. The van der Waals surface area contributed by atoms with Crippen molar-refractivity contribution in [2.24, 2.45) is 5.41 Å². The number of nitrogens with zero attached hydrogens (tertiary/aromatic N) is 2. The third kappa shape index (κ3) is 3.36. The lowest BCUT2D eigenvalue weighted by molar-refractivity contribution is 0.390. The zero-order valence-corrected chi connectivity index (χ0v) is 11.4. The Balaban J connectivity index is 2.09. The first-order valence-corrected chi connectivity index (χ1v) is 6.39. The molecule has 0 unspecified atom stereocenters. The van der Waals surface area contributed by atoms with Gasteiger partial charge in [-0.15, -0.1) is 0 Å². The Kier molecular flexibility index (Phi) is 3.70. The molecular formula is C15H21N3. The highest BCUT2D eigenvalue weighted by atomic mass is 15.3. The van der Waals surface area contributed by atoms with Crippen LogP contribution in [0.5, 0.6) is 0 Å². The van der Waals surface area contributed by atoms with Gasteiger partial charge in [0.15, 0.2) is 0 Å². The maximum absolute atomic E-state index is 4.28. The number of para-hydroxylation sites is 2. The first-order valence-electron chi connectivity index (χ1n) is 6.39. The fourth-order valence-electron chi connectivity index (χ4n) is 1.81. The standard InChI is InChI=1S/C15H21N3/c1-15(2,3)9-11-16-13-7-4-5-8-14(13)18-12-6-10-17-18/h4-8,10,12,16H,9,11H2,1-3H3. The van der Waals surface area contributed by atoms with Crippen molar-refractivity contribution in [1.29, 1.82) is 0 Å². The molecule has 18 heavy (non-hydrogen) atoms. The van der Waals surface area contributed by atoms with Crippen LogP contribution in [0.2, 0.25) is 0 Å². The van der Waals surface area contributed by atoms with Crippen LogP contribution in [0, 0.1) is 5.41 Å². The molecule has 0 saturated carbocycles. The average molecular weight is 243 g/mol. The van der Waals surface area contributed by atoms with Crippen LogP contribution in [0.1, 0.15) is 27.2 Å². The lowest BCUT2D eigenvalue weighted by Gasteiger charge is -2.19. The molecule has 0 fully saturated rings. The van der Waals surface area contributed by atoms with E-state index in [0.717, 1.165) is 24.3 Å². The Labute approximate surface area is 109 Å². The molecule has 0 radical (unpaired) electrons. The molecule has 0 amide bonds. The van der Waals surface area contributed by atoms with E-state index in [1.54, 1.807) is 6.20 Å². The molecule has 1 heterocycles. The quantitative estimate of drug-likeness (QED) is 0.887. The Morgan fingerprint density at radius 1 is 1.17 bits per heavy atom. The molecular weight excluding hydrogens is 222 g/mol. The minimum absolute atomic E-state index is 0.355. The first kappa shape index (κ1) is 12.7. The second kappa shape index (κ2) is 5.25. The van der Waals surface area contributed by atoms with Gasteiger partial charge in [-0.2, -0.15) is 5.10 Å². The van der Waals surface area contributed by atoms with Crippen molar-refractivity contribution >= 4 is 5.69 Å². The number of hydrogen-bond donors (Lipinski definition) is 1. The highest BCUT2D eigenvalue weighted by Crippen LogP contribution is 2.22. The molecule has 1 aromatic carbocycles. The molecule has 0 aliphatic carbocycles. The van der Waals surface area contributed by atoms with Crippen LogP contribution in [-0.2, 0) is 0 Å². The highest BCUT2D eigenvalue weighted by molar-refractivity contribution is 5.60. The summed E-state index contributed by atoms with van der Waals surface area (Å²) in [6.07, 6.45) is 4.90. The van der Waals surface area contributed by atoms with E-state index < -0.39 is 0 Å². The summed E-state index contributed by atoms with van der Waals surface area (Å²) >= 11 is 0. The Morgan fingerprint density at radius 3 is 2.61 bits per heavy atom. The zero-order valence-electron chi connectivity index (χ0n) is 11.4. The molecule has 0 atom stereocenters. The van der Waals surface area contributed by atoms with Crippen LogP contribution in [0.15, 0.2) is 42.7 Å². The van der Waals surface area contributed by atoms with Crippen LogP contribution in [0.3, 0.4) is 0 Å². The van der Waals surface area contributed by atoms with Gasteiger partial charge in [-0.25, -0.2) is 4.68 Å². The van der Waals surface area contributed by atoms with Gasteiger partial charge >= 0.3 is 0 Å². The third-order valence-electron chi connectivity index (χ3n) is 2.85. The van der Waals surface area contributed by atoms with Gasteiger partial charge in [0.1, 0.15) is 0 Å².